The third-order valence-electron chi connectivity index (χ3n) is 3.64. The van der Waals surface area contributed by atoms with Crippen LogP contribution in [0.4, 0.5) is 4.39 Å². The van der Waals surface area contributed by atoms with Crippen LogP contribution in [0.3, 0.4) is 0 Å². The van der Waals surface area contributed by atoms with Gasteiger partial charge in [0.15, 0.2) is 0 Å². The highest BCUT2D eigenvalue weighted by molar-refractivity contribution is 7.89. The molecule has 1 aliphatic rings. The zero-order valence-electron chi connectivity index (χ0n) is 11.1. The van der Waals surface area contributed by atoms with E-state index in [0.29, 0.717) is 19.5 Å². The van der Waals surface area contributed by atoms with Gasteiger partial charge in [0.05, 0.1) is 0 Å². The van der Waals surface area contributed by atoms with Gasteiger partial charge in [-0.25, -0.2) is 12.8 Å². The number of benzene rings is 1. The van der Waals surface area contributed by atoms with Gasteiger partial charge in [-0.3, -0.25) is 0 Å². The molecular formula is C13H16FN3O2S. The molecule has 1 aromatic rings. The highest BCUT2D eigenvalue weighted by atomic mass is 32.2. The normalized spacial score (nSPS) is 21.6. The van der Waals surface area contributed by atoms with Crippen LogP contribution in [-0.2, 0) is 10.0 Å². The maximum absolute atomic E-state index is 13.5. The summed E-state index contributed by atoms with van der Waals surface area (Å²) in [4.78, 5) is -0.273. The molecule has 2 unspecified atom stereocenters. The Bertz CT molecular complexity index is 652. The second-order valence-corrected chi connectivity index (χ2v) is 6.90. The van der Waals surface area contributed by atoms with Crippen molar-refractivity contribution in [1.82, 2.24) is 4.31 Å². The van der Waals surface area contributed by atoms with Crippen molar-refractivity contribution in [2.45, 2.75) is 24.3 Å². The minimum absolute atomic E-state index is 0.0869. The molecule has 0 radical (unpaired) electrons. The van der Waals surface area contributed by atoms with E-state index in [4.69, 9.17) is 11.0 Å². The van der Waals surface area contributed by atoms with Crippen LogP contribution in [0.15, 0.2) is 23.1 Å². The van der Waals surface area contributed by atoms with Gasteiger partial charge in [-0.15, -0.1) is 0 Å². The second kappa shape index (κ2) is 5.48. The first kappa shape index (κ1) is 14.9. The number of nitrogens with two attached hydrogens (primary N) is 1. The zero-order chi connectivity index (χ0) is 14.9. The van der Waals surface area contributed by atoms with Crippen molar-refractivity contribution in [3.63, 3.8) is 0 Å². The Morgan fingerprint density at radius 3 is 2.80 bits per heavy atom. The van der Waals surface area contributed by atoms with Gasteiger partial charge < -0.3 is 5.73 Å². The van der Waals surface area contributed by atoms with Crippen molar-refractivity contribution < 1.29 is 12.8 Å². The van der Waals surface area contributed by atoms with Gasteiger partial charge in [0.25, 0.3) is 0 Å². The van der Waals surface area contributed by atoms with Crippen molar-refractivity contribution in [3.8, 4) is 6.07 Å². The Morgan fingerprint density at radius 2 is 2.25 bits per heavy atom. The van der Waals surface area contributed by atoms with Crippen LogP contribution < -0.4 is 5.73 Å². The third-order valence-corrected chi connectivity index (χ3v) is 5.54. The summed E-state index contributed by atoms with van der Waals surface area (Å²) in [5.41, 5.74) is 5.35. The number of sulfonamides is 1. The van der Waals surface area contributed by atoms with Crippen LogP contribution in [0.5, 0.6) is 0 Å². The molecule has 7 heteroatoms. The minimum atomic E-state index is -3.86. The van der Waals surface area contributed by atoms with Gasteiger partial charge in [0.2, 0.25) is 10.0 Å². The van der Waals surface area contributed by atoms with Crippen molar-refractivity contribution in [2.24, 2.45) is 11.7 Å². The van der Waals surface area contributed by atoms with E-state index in [1.54, 1.807) is 6.07 Å². The van der Waals surface area contributed by atoms with E-state index in [9.17, 15) is 12.8 Å². The summed E-state index contributed by atoms with van der Waals surface area (Å²) in [6, 6.07) is 5.15. The molecule has 1 saturated heterocycles. The molecule has 5 nitrogen and oxygen atoms in total. The largest absolute Gasteiger partial charge is 0.328 e. The molecule has 1 aromatic carbocycles. The smallest absolute Gasteiger partial charge is 0.244 e. The second-order valence-electron chi connectivity index (χ2n) is 5.00. The molecule has 20 heavy (non-hydrogen) atoms. The molecule has 2 atom stereocenters. The van der Waals surface area contributed by atoms with Crippen molar-refractivity contribution in [3.05, 3.63) is 29.6 Å². The Kier molecular flexibility index (Phi) is 4.09. The lowest BCUT2D eigenvalue weighted by Crippen LogP contribution is -2.33. The van der Waals surface area contributed by atoms with Crippen LogP contribution in [-0.4, -0.2) is 31.9 Å². The van der Waals surface area contributed by atoms with Gasteiger partial charge in [-0.05, 0) is 31.4 Å². The molecule has 1 heterocycles. The molecule has 2 N–H and O–H groups in total. The lowest BCUT2D eigenvalue weighted by Gasteiger charge is -2.18. The van der Waals surface area contributed by atoms with E-state index in [-0.39, 0.29) is 16.9 Å². The lowest BCUT2D eigenvalue weighted by atomic mass is 10.0. The minimum Gasteiger partial charge on any atom is -0.328 e. The lowest BCUT2D eigenvalue weighted by molar-refractivity contribution is 0.428. The molecule has 0 aromatic heterocycles. The first-order chi connectivity index (χ1) is 9.37. The van der Waals surface area contributed by atoms with Crippen LogP contribution in [0.1, 0.15) is 18.9 Å². The summed E-state index contributed by atoms with van der Waals surface area (Å²) in [5.74, 6) is -0.736. The SMILES string of the molecule is CC(N)C1CCN(S(=O)(=O)c2cccc(F)c2C#N)C1. The number of nitriles is 1. The average molecular weight is 297 g/mol. The van der Waals surface area contributed by atoms with Gasteiger partial charge in [0.1, 0.15) is 22.3 Å². The molecule has 1 aliphatic heterocycles. The van der Waals surface area contributed by atoms with Crippen LogP contribution in [0.25, 0.3) is 0 Å². The van der Waals surface area contributed by atoms with Crippen molar-refractivity contribution >= 4 is 10.0 Å². The van der Waals surface area contributed by atoms with Crippen molar-refractivity contribution in [1.29, 1.82) is 5.26 Å². The van der Waals surface area contributed by atoms with Gasteiger partial charge in [-0.1, -0.05) is 6.07 Å². The van der Waals surface area contributed by atoms with Crippen molar-refractivity contribution in [2.75, 3.05) is 13.1 Å². The Hall–Kier alpha value is -1.49. The molecule has 0 bridgehead atoms. The van der Waals surface area contributed by atoms with Gasteiger partial charge in [-0.2, -0.15) is 9.57 Å². The summed E-state index contributed by atoms with van der Waals surface area (Å²) in [6.45, 7) is 2.49. The highest BCUT2D eigenvalue weighted by Gasteiger charge is 2.35. The fourth-order valence-corrected chi connectivity index (χ4v) is 4.03. The number of hydrogen-bond acceptors (Lipinski definition) is 4. The van der Waals surface area contributed by atoms with Crippen LogP contribution in [0, 0.1) is 23.1 Å². The third kappa shape index (κ3) is 2.54. The van der Waals surface area contributed by atoms with E-state index < -0.39 is 21.4 Å². The Labute approximate surface area is 117 Å². The molecule has 108 valence electrons. The predicted octanol–water partition coefficient (Wildman–Crippen LogP) is 1.06. The molecule has 0 aliphatic carbocycles. The molecule has 1 fully saturated rings. The maximum Gasteiger partial charge on any atom is 0.244 e. The summed E-state index contributed by atoms with van der Waals surface area (Å²) >= 11 is 0. The maximum atomic E-state index is 13.5. The summed E-state index contributed by atoms with van der Waals surface area (Å²) in [6.07, 6.45) is 0.675. The summed E-state index contributed by atoms with van der Waals surface area (Å²) < 4.78 is 39.8. The predicted molar refractivity (Wildman–Crippen MR) is 71.6 cm³/mol. The van der Waals surface area contributed by atoms with E-state index >= 15 is 0 Å². The van der Waals surface area contributed by atoms with Crippen LogP contribution >= 0.6 is 0 Å². The number of nitrogens with zero attached hydrogens (tertiary/aromatic N) is 2. The number of halogens is 1. The van der Waals surface area contributed by atoms with E-state index in [1.165, 1.54) is 16.4 Å². The molecule has 2 rings (SSSR count). The van der Waals surface area contributed by atoms with E-state index in [2.05, 4.69) is 0 Å². The molecule has 0 saturated carbocycles. The summed E-state index contributed by atoms with van der Waals surface area (Å²) in [5, 5.41) is 8.95. The van der Waals surface area contributed by atoms with E-state index in [0.717, 1.165) is 6.07 Å². The first-order valence-electron chi connectivity index (χ1n) is 6.32. The topological polar surface area (TPSA) is 87.2 Å². The number of hydrogen-bond donors (Lipinski definition) is 1. The first-order valence-corrected chi connectivity index (χ1v) is 7.76. The average Bonchev–Trinajstić information content (AvgIpc) is 2.88. The monoisotopic (exact) mass is 297 g/mol. The van der Waals surface area contributed by atoms with Gasteiger partial charge in [0, 0.05) is 19.1 Å². The summed E-state index contributed by atoms with van der Waals surface area (Å²) in [7, 11) is -3.86. The highest BCUT2D eigenvalue weighted by Crippen LogP contribution is 2.28. The fourth-order valence-electron chi connectivity index (χ4n) is 2.37. The quantitative estimate of drug-likeness (QED) is 0.903. The molecule has 0 amide bonds. The number of rotatable bonds is 3. The Balaban J connectivity index is 2.38. The standard InChI is InChI=1S/C13H16FN3O2S/c1-9(16)10-5-6-17(8-10)20(18,19)13-4-2-3-12(14)11(13)7-15/h2-4,9-10H,5-6,8,16H2,1H3. The molecule has 0 spiro atoms. The van der Waals surface area contributed by atoms with Gasteiger partial charge >= 0.3 is 0 Å². The fraction of sp³-hybridized carbons (Fsp3) is 0.462. The van der Waals surface area contributed by atoms with E-state index in [1.807, 2.05) is 6.92 Å². The zero-order valence-corrected chi connectivity index (χ0v) is 11.9. The Morgan fingerprint density at radius 1 is 1.55 bits per heavy atom. The van der Waals surface area contributed by atoms with Crippen LogP contribution in [0.2, 0.25) is 0 Å². The molecular weight excluding hydrogens is 281 g/mol.